The number of carbonyl (C=O) groups is 2. The van der Waals surface area contributed by atoms with Gasteiger partial charge in [0.05, 0.1) is 10.5 Å². The van der Waals surface area contributed by atoms with Gasteiger partial charge in [0.15, 0.2) is 6.10 Å². The van der Waals surface area contributed by atoms with Crippen LogP contribution in [0.3, 0.4) is 0 Å². The molecule has 0 unspecified atom stereocenters. The van der Waals surface area contributed by atoms with Crippen molar-refractivity contribution in [1.82, 2.24) is 4.90 Å². The number of nitro benzene ring substituents is 1. The highest BCUT2D eigenvalue weighted by Gasteiger charge is 2.26. The average Bonchev–Trinajstić information content (AvgIpc) is 3.07. The van der Waals surface area contributed by atoms with Gasteiger partial charge in [0, 0.05) is 25.7 Å². The molecule has 2 aromatic rings. The number of carbonyl (C=O) groups excluding carboxylic acids is 2. The van der Waals surface area contributed by atoms with Crippen molar-refractivity contribution >= 4 is 23.3 Å². The van der Waals surface area contributed by atoms with Crippen molar-refractivity contribution in [3.05, 3.63) is 69.8 Å². The van der Waals surface area contributed by atoms with Gasteiger partial charge in [-0.3, -0.25) is 14.9 Å². The van der Waals surface area contributed by atoms with Crippen molar-refractivity contribution < 1.29 is 19.2 Å². The topological polar surface area (TPSA) is 102 Å². The van der Waals surface area contributed by atoms with E-state index in [-0.39, 0.29) is 17.2 Å². The smallest absolute Gasteiger partial charge is 0.339 e. The molecule has 1 aliphatic heterocycles. The molecule has 8 heteroatoms. The molecule has 0 bridgehead atoms. The van der Waals surface area contributed by atoms with Crippen LogP contribution in [0.4, 0.5) is 11.4 Å². The second kappa shape index (κ2) is 10.6. The van der Waals surface area contributed by atoms with E-state index in [0.717, 1.165) is 31.2 Å². The third-order valence-corrected chi connectivity index (χ3v) is 5.31. The Kier molecular flexibility index (Phi) is 7.59. The highest BCUT2D eigenvalue weighted by atomic mass is 16.6. The Labute approximate surface area is 181 Å². The zero-order chi connectivity index (χ0) is 22.2. The van der Waals surface area contributed by atoms with E-state index in [2.05, 4.69) is 5.32 Å². The van der Waals surface area contributed by atoms with Crippen molar-refractivity contribution in [2.75, 3.05) is 18.4 Å². The minimum atomic E-state index is -0.944. The molecule has 1 saturated heterocycles. The molecule has 1 amide bonds. The van der Waals surface area contributed by atoms with Gasteiger partial charge in [-0.2, -0.15) is 0 Å². The fourth-order valence-electron chi connectivity index (χ4n) is 3.58. The third-order valence-electron chi connectivity index (χ3n) is 5.31. The van der Waals surface area contributed by atoms with E-state index in [0.29, 0.717) is 25.3 Å². The summed E-state index contributed by atoms with van der Waals surface area (Å²) in [4.78, 5) is 37.8. The Hall–Kier alpha value is -3.42. The van der Waals surface area contributed by atoms with Crippen LogP contribution in [0.25, 0.3) is 0 Å². The maximum atomic E-state index is 12.6. The third kappa shape index (κ3) is 6.04. The summed E-state index contributed by atoms with van der Waals surface area (Å²) in [6, 6.07) is 13.6. The Morgan fingerprint density at radius 1 is 1.10 bits per heavy atom. The first kappa shape index (κ1) is 22.3. The van der Waals surface area contributed by atoms with Crippen LogP contribution in [0.15, 0.2) is 48.5 Å². The van der Waals surface area contributed by atoms with E-state index in [4.69, 9.17) is 4.74 Å². The van der Waals surface area contributed by atoms with Gasteiger partial charge < -0.3 is 15.0 Å². The second-order valence-corrected chi connectivity index (χ2v) is 7.62. The van der Waals surface area contributed by atoms with Gasteiger partial charge in [0.25, 0.3) is 11.6 Å². The van der Waals surface area contributed by atoms with Crippen LogP contribution in [0.2, 0.25) is 0 Å². The number of anilines is 1. The lowest BCUT2D eigenvalue weighted by molar-refractivity contribution is -0.384. The van der Waals surface area contributed by atoms with Gasteiger partial charge in [0.1, 0.15) is 5.69 Å². The summed E-state index contributed by atoms with van der Waals surface area (Å²) >= 11 is 0. The number of nitrogens with one attached hydrogen (secondary N) is 1. The molecular weight excluding hydrogens is 398 g/mol. The second-order valence-electron chi connectivity index (χ2n) is 7.62. The zero-order valence-electron chi connectivity index (χ0n) is 17.6. The van der Waals surface area contributed by atoms with Crippen LogP contribution in [0.5, 0.6) is 0 Å². The number of rotatable bonds is 7. The molecule has 8 nitrogen and oxygen atoms in total. The molecule has 1 aliphatic rings. The van der Waals surface area contributed by atoms with Crippen LogP contribution >= 0.6 is 0 Å². The summed E-state index contributed by atoms with van der Waals surface area (Å²) in [5, 5.41) is 14.6. The van der Waals surface area contributed by atoms with Crippen molar-refractivity contribution in [2.45, 2.75) is 45.3 Å². The molecule has 0 spiro atoms. The summed E-state index contributed by atoms with van der Waals surface area (Å²) in [6.07, 6.45) is 3.12. The van der Waals surface area contributed by atoms with Gasteiger partial charge in [-0.25, -0.2) is 4.79 Å². The first-order valence-electron chi connectivity index (χ1n) is 10.5. The van der Waals surface area contributed by atoms with Crippen molar-refractivity contribution in [1.29, 1.82) is 0 Å². The predicted octanol–water partition coefficient (Wildman–Crippen LogP) is 4.15. The molecule has 0 radical (unpaired) electrons. The zero-order valence-corrected chi connectivity index (χ0v) is 17.6. The lowest BCUT2D eigenvalue weighted by Crippen LogP contribution is -2.40. The van der Waals surface area contributed by atoms with E-state index in [1.165, 1.54) is 25.1 Å². The summed E-state index contributed by atoms with van der Waals surface area (Å²) in [5.41, 5.74) is 1.09. The largest absolute Gasteiger partial charge is 0.449 e. The number of ether oxygens (including phenoxy) is 1. The summed E-state index contributed by atoms with van der Waals surface area (Å²) in [5.74, 6) is -0.987. The van der Waals surface area contributed by atoms with Crippen LogP contribution in [-0.4, -0.2) is 40.9 Å². The first-order chi connectivity index (χ1) is 15.0. The normalized spacial score (nSPS) is 14.9. The van der Waals surface area contributed by atoms with Crippen molar-refractivity contribution in [2.24, 2.45) is 0 Å². The van der Waals surface area contributed by atoms with Crippen LogP contribution in [0, 0.1) is 10.1 Å². The van der Waals surface area contributed by atoms with Crippen LogP contribution in [0.1, 0.15) is 48.5 Å². The average molecular weight is 425 g/mol. The highest BCUT2D eigenvalue weighted by Crippen LogP contribution is 2.27. The predicted molar refractivity (Wildman–Crippen MR) is 117 cm³/mol. The fraction of sp³-hybridized carbons (Fsp3) is 0.391. The van der Waals surface area contributed by atoms with Gasteiger partial charge in [0.2, 0.25) is 0 Å². The van der Waals surface area contributed by atoms with Gasteiger partial charge in [-0.05, 0) is 37.5 Å². The van der Waals surface area contributed by atoms with E-state index in [9.17, 15) is 19.7 Å². The van der Waals surface area contributed by atoms with Gasteiger partial charge in [-0.1, -0.05) is 43.2 Å². The number of amides is 1. The lowest BCUT2D eigenvalue weighted by Gasteiger charge is -2.24. The Morgan fingerprint density at radius 3 is 2.42 bits per heavy atom. The molecule has 1 fully saturated rings. The summed E-state index contributed by atoms with van der Waals surface area (Å²) < 4.78 is 5.32. The number of nitrogens with zero attached hydrogens (tertiary/aromatic N) is 2. The number of likely N-dealkylation sites (tertiary alicyclic amines) is 1. The molecule has 164 valence electrons. The number of hydrogen-bond donors (Lipinski definition) is 1. The Morgan fingerprint density at radius 2 is 1.77 bits per heavy atom. The molecule has 3 rings (SSSR count). The summed E-state index contributed by atoms with van der Waals surface area (Å²) in [6.45, 7) is 3.27. The van der Waals surface area contributed by atoms with Gasteiger partial charge in [-0.15, -0.1) is 0 Å². The Balaban J connectivity index is 1.67. The summed E-state index contributed by atoms with van der Waals surface area (Å²) in [7, 11) is 0. The van der Waals surface area contributed by atoms with E-state index in [1.807, 2.05) is 30.3 Å². The van der Waals surface area contributed by atoms with Gasteiger partial charge >= 0.3 is 5.97 Å². The molecule has 2 aromatic carbocycles. The molecule has 0 aliphatic carbocycles. The van der Waals surface area contributed by atoms with E-state index < -0.39 is 17.0 Å². The highest BCUT2D eigenvalue weighted by molar-refractivity contribution is 5.93. The van der Waals surface area contributed by atoms with E-state index >= 15 is 0 Å². The van der Waals surface area contributed by atoms with E-state index in [1.54, 1.807) is 4.90 Å². The monoisotopic (exact) mass is 425 g/mol. The molecule has 0 saturated carbocycles. The SMILES string of the molecule is C[C@@H](OC(=O)c1ccc(NCc2ccccc2)c([N+](=O)[O-])c1)C(=O)N1CCCCCC1. The molecule has 31 heavy (non-hydrogen) atoms. The fourth-order valence-corrected chi connectivity index (χ4v) is 3.58. The quantitative estimate of drug-likeness (QED) is 0.406. The molecule has 1 atom stereocenters. The maximum Gasteiger partial charge on any atom is 0.339 e. The molecular formula is C23H27N3O5. The van der Waals surface area contributed by atoms with Crippen LogP contribution < -0.4 is 5.32 Å². The number of hydrogen-bond acceptors (Lipinski definition) is 6. The minimum Gasteiger partial charge on any atom is -0.449 e. The first-order valence-corrected chi connectivity index (χ1v) is 10.5. The van der Waals surface area contributed by atoms with Crippen molar-refractivity contribution in [3.8, 4) is 0 Å². The Bertz CT molecular complexity index is 924. The molecule has 1 heterocycles. The molecule has 0 aromatic heterocycles. The standard InChI is InChI=1S/C23H27N3O5/c1-17(22(27)25-13-7-2-3-8-14-25)31-23(28)19-11-12-20(21(15-19)26(29)30)24-16-18-9-5-4-6-10-18/h4-6,9-12,15,17,24H,2-3,7-8,13-14,16H2,1H3/t17-/m1/s1. The molecule has 1 N–H and O–H groups in total. The number of esters is 1. The number of nitro groups is 1. The van der Waals surface area contributed by atoms with Crippen molar-refractivity contribution in [3.63, 3.8) is 0 Å². The van der Waals surface area contributed by atoms with Crippen LogP contribution in [-0.2, 0) is 16.1 Å². The minimum absolute atomic E-state index is 0.0347. The lowest BCUT2D eigenvalue weighted by atomic mass is 10.1. The number of benzene rings is 2. The maximum absolute atomic E-state index is 12.6.